The molecule has 2 nitrogen and oxygen atoms in total. The Balaban J connectivity index is 1.42. The smallest absolute Gasteiger partial charge is 0.252 e. The summed E-state index contributed by atoms with van der Waals surface area (Å²) in [6, 6.07) is 28.1. The Morgan fingerprint density at radius 1 is 0.757 bits per heavy atom. The van der Waals surface area contributed by atoms with Crippen molar-refractivity contribution in [1.29, 1.82) is 0 Å². The molecular formula is C33H29BN2S. The molecular weight excluding hydrogens is 467 g/mol. The average molecular weight is 496 g/mol. The van der Waals surface area contributed by atoms with Gasteiger partial charge in [0.1, 0.15) is 0 Å². The Kier molecular flexibility index (Phi) is 3.71. The summed E-state index contributed by atoms with van der Waals surface area (Å²) in [5, 5.41) is 2.80. The first kappa shape index (κ1) is 20.8. The van der Waals surface area contributed by atoms with Gasteiger partial charge in [-0.3, -0.25) is 0 Å². The van der Waals surface area contributed by atoms with E-state index in [1.807, 2.05) is 11.3 Å². The Morgan fingerprint density at radius 2 is 1.54 bits per heavy atom. The van der Waals surface area contributed by atoms with Crippen molar-refractivity contribution in [2.75, 3.05) is 16.8 Å². The Hall–Kier alpha value is -3.24. The number of nitrogens with zero attached hydrogens (tertiary/aromatic N) is 2. The molecule has 1 saturated carbocycles. The van der Waals surface area contributed by atoms with Crippen molar-refractivity contribution in [3.05, 3.63) is 78.4 Å². The molecule has 4 heteroatoms. The molecule has 3 aliphatic heterocycles. The van der Waals surface area contributed by atoms with E-state index < -0.39 is 0 Å². The van der Waals surface area contributed by atoms with Gasteiger partial charge in [0, 0.05) is 55.4 Å². The third-order valence-corrected chi connectivity index (χ3v) is 11.7. The normalized spacial score (nSPS) is 24.8. The summed E-state index contributed by atoms with van der Waals surface area (Å²) in [6.45, 7) is 5.37. The number of rotatable bonds is 0. The van der Waals surface area contributed by atoms with E-state index in [0.29, 0.717) is 0 Å². The number of anilines is 4. The molecule has 0 saturated heterocycles. The molecule has 9 rings (SSSR count). The molecule has 0 N–H and O–H groups in total. The molecule has 2 atom stereocenters. The summed E-state index contributed by atoms with van der Waals surface area (Å²) in [6.07, 6.45) is 5.17. The Bertz CT molecular complexity index is 1820. The molecule has 4 aliphatic rings. The number of para-hydroxylation sites is 1. The fourth-order valence-electron chi connectivity index (χ4n) is 8.73. The van der Waals surface area contributed by atoms with Crippen LogP contribution in [0.25, 0.3) is 20.2 Å². The predicted molar refractivity (Wildman–Crippen MR) is 161 cm³/mol. The van der Waals surface area contributed by atoms with Crippen LogP contribution in [-0.2, 0) is 5.41 Å². The largest absolute Gasteiger partial charge is 0.345 e. The zero-order valence-electron chi connectivity index (χ0n) is 21.6. The van der Waals surface area contributed by atoms with Crippen molar-refractivity contribution in [3.8, 4) is 0 Å². The summed E-state index contributed by atoms with van der Waals surface area (Å²) < 4.78 is 2.76. The van der Waals surface area contributed by atoms with Crippen LogP contribution in [-0.4, -0.2) is 19.3 Å². The van der Waals surface area contributed by atoms with Crippen molar-refractivity contribution in [2.45, 2.75) is 50.5 Å². The number of thiophene rings is 1. The van der Waals surface area contributed by atoms with Gasteiger partial charge in [-0.05, 0) is 66.0 Å². The van der Waals surface area contributed by atoms with Crippen molar-refractivity contribution in [1.82, 2.24) is 0 Å². The minimum atomic E-state index is 0.107. The number of hydrogen-bond acceptors (Lipinski definition) is 3. The second-order valence-corrected chi connectivity index (χ2v) is 13.2. The summed E-state index contributed by atoms with van der Waals surface area (Å²) in [7, 11) is 2.29. The van der Waals surface area contributed by atoms with Gasteiger partial charge in [-0.2, -0.15) is 0 Å². The highest BCUT2D eigenvalue weighted by molar-refractivity contribution is 7.26. The molecule has 180 valence electrons. The van der Waals surface area contributed by atoms with Gasteiger partial charge >= 0.3 is 0 Å². The third-order valence-electron chi connectivity index (χ3n) is 10.6. The maximum atomic E-state index is 2.80. The molecule has 0 radical (unpaired) electrons. The first-order valence-corrected chi connectivity index (χ1v) is 14.6. The van der Waals surface area contributed by atoms with E-state index >= 15 is 0 Å². The maximum Gasteiger partial charge on any atom is 0.252 e. The van der Waals surface area contributed by atoms with E-state index in [1.165, 1.54) is 85.0 Å². The van der Waals surface area contributed by atoms with Crippen LogP contribution < -0.4 is 26.2 Å². The van der Waals surface area contributed by atoms with Gasteiger partial charge in [-0.1, -0.05) is 68.3 Å². The van der Waals surface area contributed by atoms with Crippen LogP contribution in [0.5, 0.6) is 0 Å². The lowest BCUT2D eigenvalue weighted by Gasteiger charge is -2.52. The van der Waals surface area contributed by atoms with Gasteiger partial charge in [-0.15, -0.1) is 11.3 Å². The SMILES string of the molecule is CN1c2cccc3c2B(c2cccc4c2N3C2(C)CCCCC42C)c2ccc3sc4ccccc4c3c21. The fourth-order valence-corrected chi connectivity index (χ4v) is 9.84. The molecule has 1 aliphatic carbocycles. The first-order valence-electron chi connectivity index (χ1n) is 13.8. The summed E-state index contributed by atoms with van der Waals surface area (Å²) in [4.78, 5) is 5.29. The van der Waals surface area contributed by atoms with Crippen LogP contribution in [0.15, 0.2) is 72.8 Å². The van der Waals surface area contributed by atoms with Gasteiger partial charge in [-0.25, -0.2) is 0 Å². The third kappa shape index (κ3) is 2.20. The highest BCUT2D eigenvalue weighted by atomic mass is 32.1. The van der Waals surface area contributed by atoms with Crippen LogP contribution >= 0.6 is 11.3 Å². The van der Waals surface area contributed by atoms with E-state index in [2.05, 4.69) is 103 Å². The zero-order valence-corrected chi connectivity index (χ0v) is 22.5. The Labute approximate surface area is 222 Å². The molecule has 4 aromatic carbocycles. The number of benzene rings is 4. The molecule has 0 amide bonds. The lowest BCUT2D eigenvalue weighted by atomic mass is 9.33. The molecule has 5 aromatic rings. The van der Waals surface area contributed by atoms with Crippen molar-refractivity contribution in [2.24, 2.45) is 0 Å². The zero-order chi connectivity index (χ0) is 24.7. The maximum absolute atomic E-state index is 2.80. The van der Waals surface area contributed by atoms with Gasteiger partial charge in [0.15, 0.2) is 0 Å². The average Bonchev–Trinajstić information content (AvgIpc) is 3.40. The molecule has 0 spiro atoms. The fraction of sp³-hybridized carbons (Fsp3) is 0.273. The minimum absolute atomic E-state index is 0.107. The van der Waals surface area contributed by atoms with Crippen LogP contribution in [0, 0.1) is 0 Å². The number of fused-ring (bicyclic) bond motifs is 11. The lowest BCUT2D eigenvalue weighted by Crippen LogP contribution is -2.64. The first-order chi connectivity index (χ1) is 18.0. The monoisotopic (exact) mass is 496 g/mol. The predicted octanol–water partition coefficient (Wildman–Crippen LogP) is 6.71. The van der Waals surface area contributed by atoms with Gasteiger partial charge in [0.05, 0.1) is 5.54 Å². The minimum Gasteiger partial charge on any atom is -0.345 e. The van der Waals surface area contributed by atoms with E-state index in [0.717, 1.165) is 0 Å². The summed E-state index contributed by atoms with van der Waals surface area (Å²) >= 11 is 1.92. The van der Waals surface area contributed by atoms with E-state index in [1.54, 1.807) is 5.56 Å². The van der Waals surface area contributed by atoms with Gasteiger partial charge in [0.25, 0.3) is 6.71 Å². The van der Waals surface area contributed by atoms with Crippen molar-refractivity contribution >= 4 is 77.4 Å². The van der Waals surface area contributed by atoms with Crippen LogP contribution in [0.4, 0.5) is 22.7 Å². The van der Waals surface area contributed by atoms with Crippen molar-refractivity contribution in [3.63, 3.8) is 0 Å². The lowest BCUT2D eigenvalue weighted by molar-refractivity contribution is 0.195. The summed E-state index contributed by atoms with van der Waals surface area (Å²) in [5.74, 6) is 0. The van der Waals surface area contributed by atoms with Crippen LogP contribution in [0.3, 0.4) is 0 Å². The van der Waals surface area contributed by atoms with Gasteiger partial charge in [0.2, 0.25) is 0 Å². The summed E-state index contributed by atoms with van der Waals surface area (Å²) in [5.41, 5.74) is 12.0. The van der Waals surface area contributed by atoms with Gasteiger partial charge < -0.3 is 9.80 Å². The second kappa shape index (κ2) is 6.60. The molecule has 2 unspecified atom stereocenters. The van der Waals surface area contributed by atoms with Crippen LogP contribution in [0.1, 0.15) is 45.1 Å². The molecule has 4 heterocycles. The highest BCUT2D eigenvalue weighted by Crippen LogP contribution is 2.61. The Morgan fingerprint density at radius 3 is 2.46 bits per heavy atom. The van der Waals surface area contributed by atoms with E-state index in [-0.39, 0.29) is 17.7 Å². The second-order valence-electron chi connectivity index (χ2n) is 12.1. The quantitative estimate of drug-likeness (QED) is 0.220. The van der Waals surface area contributed by atoms with E-state index in [4.69, 9.17) is 0 Å². The number of hydrogen-bond donors (Lipinski definition) is 0. The molecule has 1 fully saturated rings. The molecule has 1 aromatic heterocycles. The molecule has 0 bridgehead atoms. The van der Waals surface area contributed by atoms with E-state index in [9.17, 15) is 0 Å². The van der Waals surface area contributed by atoms with Crippen molar-refractivity contribution < 1.29 is 0 Å². The highest BCUT2D eigenvalue weighted by Gasteiger charge is 2.61. The topological polar surface area (TPSA) is 6.48 Å². The standard InChI is InChI=1S/C33H29BN2S/c1-32-18-6-7-19-33(32,2)36-25-14-9-13-24-29(25)34(22-12-8-11-21(32)30(22)36)23-16-17-27-28(31(23)35(24)3)20-10-4-5-15-26(20)37-27/h4-5,8-17H,6-7,18-19H2,1-3H3. The van der Waals surface area contributed by atoms with Crippen LogP contribution in [0.2, 0.25) is 0 Å². The molecule has 37 heavy (non-hydrogen) atoms.